The van der Waals surface area contributed by atoms with Crippen LogP contribution in [0.2, 0.25) is 0 Å². The number of H-pyrrole nitrogens is 2. The van der Waals surface area contributed by atoms with Crippen LogP contribution in [-0.2, 0) is 27.2 Å². The Morgan fingerprint density at radius 2 is 1.04 bits per heavy atom. The summed E-state index contributed by atoms with van der Waals surface area (Å²) in [4.78, 5) is 93.9. The van der Waals surface area contributed by atoms with Gasteiger partial charge >= 0.3 is 11.9 Å². The monoisotopic (exact) mass is 1100 g/mol. The molecule has 24 heteroatoms. The lowest BCUT2D eigenvalue weighted by Crippen LogP contribution is -2.49. The van der Waals surface area contributed by atoms with E-state index in [0.29, 0.717) is 63.9 Å². The Bertz CT molecular complexity index is 3300. The second-order valence-electron chi connectivity index (χ2n) is 18.0. The molecule has 0 aliphatic rings. The van der Waals surface area contributed by atoms with Gasteiger partial charge < -0.3 is 41.7 Å². The number of carboxylic acids is 1. The van der Waals surface area contributed by atoms with E-state index < -0.39 is 41.7 Å². The standard InChI is InChI=1S/C29H35N7O4S.C25H27N7O4S/c1-4-5-14-40-28(39)23(17-31-26(37)24-12-8-15-41-24)35-27(38)25-18(2)33-29(34-19(25)3)30-13-7-10-20-9-6-11-22-21(20)16-32-36-22;1-14-21(23(34)31-19(24(35)36)13-27-22(33)20-9-5-11-37-20)15(2)30-25(29-14)26-10-4-7-16-6-3-8-18-17(16)12-28-32-18/h6,8-9,11-12,15-16,23H,4-5,7,10,13-14,17H2,1-3H3,(H,31,37)(H,32,36)(H,35,38)(H,30,33,34);3,5-6,8-9,11-12,19H,4,7,10,13H2,1-2H3,(H,27,33)(H,28,32)(H,31,34)(H,35,36)(H,26,29,30)/t23-;19-/m00/s1. The van der Waals surface area contributed by atoms with Crippen molar-refractivity contribution in [3.63, 3.8) is 0 Å². The Morgan fingerprint density at radius 1 is 0.590 bits per heavy atom. The molecule has 6 heterocycles. The number of carbonyl (C=O) groups excluding carboxylic acids is 5. The first kappa shape index (κ1) is 57.1. The highest BCUT2D eigenvalue weighted by atomic mass is 32.1. The maximum absolute atomic E-state index is 13.3. The number of anilines is 2. The van der Waals surface area contributed by atoms with Gasteiger partial charge in [0.1, 0.15) is 12.1 Å². The molecule has 0 fully saturated rings. The van der Waals surface area contributed by atoms with Gasteiger partial charge in [-0.15, -0.1) is 22.7 Å². The number of nitrogens with one attached hydrogen (secondary N) is 8. The average molecular weight is 1100 g/mol. The highest BCUT2D eigenvalue weighted by Gasteiger charge is 2.28. The van der Waals surface area contributed by atoms with Crippen molar-refractivity contribution in [2.24, 2.45) is 0 Å². The summed E-state index contributed by atoms with van der Waals surface area (Å²) in [6.45, 7) is 9.91. The van der Waals surface area contributed by atoms with Crippen molar-refractivity contribution in [1.29, 1.82) is 0 Å². The SMILES string of the molecule is CCCCOC(=O)[C@H](CNC(=O)c1cccs1)NC(=O)c1c(C)nc(NCCCc2cccc3[nH]ncc23)nc1C.Cc1nc(NCCCc2cccc3[nH]ncc23)nc(C)c1C(=O)N[C@@H](CNC(=O)c1cccs1)C(=O)O. The number of carboxylic acid groups (broad SMARTS) is 1. The number of aromatic amines is 2. The Balaban J connectivity index is 0.000000227. The lowest BCUT2D eigenvalue weighted by molar-refractivity contribution is -0.146. The number of aromatic nitrogens is 8. The second kappa shape index (κ2) is 27.9. The van der Waals surface area contributed by atoms with E-state index >= 15 is 0 Å². The van der Waals surface area contributed by atoms with Crippen LogP contribution in [0, 0.1) is 27.7 Å². The van der Waals surface area contributed by atoms with Crippen molar-refractivity contribution >= 4 is 91.9 Å². The fourth-order valence-corrected chi connectivity index (χ4v) is 9.63. The largest absolute Gasteiger partial charge is 0.480 e. The molecule has 408 valence electrons. The first-order valence-corrected chi connectivity index (χ1v) is 27.1. The number of hydrogen-bond acceptors (Lipinski definition) is 17. The van der Waals surface area contributed by atoms with Crippen LogP contribution >= 0.6 is 22.7 Å². The maximum Gasteiger partial charge on any atom is 0.330 e. The van der Waals surface area contributed by atoms with Gasteiger partial charge in [-0.25, -0.2) is 29.5 Å². The van der Waals surface area contributed by atoms with E-state index in [1.807, 2.05) is 43.6 Å². The molecule has 0 aliphatic carbocycles. The minimum absolute atomic E-state index is 0.113. The predicted octanol–water partition coefficient (Wildman–Crippen LogP) is 6.64. The minimum Gasteiger partial charge on any atom is -0.480 e. The van der Waals surface area contributed by atoms with Crippen molar-refractivity contribution in [3.05, 3.63) is 139 Å². The predicted molar refractivity (Wildman–Crippen MR) is 298 cm³/mol. The van der Waals surface area contributed by atoms with E-state index in [1.165, 1.54) is 33.8 Å². The quantitative estimate of drug-likeness (QED) is 0.0214. The molecule has 4 amide bonds. The van der Waals surface area contributed by atoms with E-state index in [1.54, 1.807) is 62.7 Å². The fraction of sp³-hybridized carbons (Fsp3) is 0.333. The van der Waals surface area contributed by atoms with Crippen molar-refractivity contribution < 1.29 is 38.6 Å². The van der Waals surface area contributed by atoms with Gasteiger partial charge in [-0.05, 0) is 106 Å². The van der Waals surface area contributed by atoms with Crippen molar-refractivity contribution in [2.75, 3.05) is 43.4 Å². The molecule has 2 aromatic carbocycles. The highest BCUT2D eigenvalue weighted by Crippen LogP contribution is 2.21. The summed E-state index contributed by atoms with van der Waals surface area (Å²) in [6, 6.07) is 16.6. The molecule has 0 aliphatic heterocycles. The smallest absolute Gasteiger partial charge is 0.330 e. The number of aliphatic carboxylic acids is 1. The number of nitrogens with zero attached hydrogens (tertiary/aromatic N) is 6. The zero-order valence-corrected chi connectivity index (χ0v) is 45.5. The van der Waals surface area contributed by atoms with Gasteiger partial charge in [0.25, 0.3) is 23.6 Å². The van der Waals surface area contributed by atoms with Crippen molar-refractivity contribution in [2.45, 2.75) is 85.2 Å². The Kier molecular flexibility index (Phi) is 20.4. The number of unbranched alkanes of at least 4 members (excludes halogenated alkanes) is 1. The summed E-state index contributed by atoms with van der Waals surface area (Å²) >= 11 is 2.53. The number of amides is 4. The molecular weight excluding hydrogens is 1040 g/mol. The third-order valence-corrected chi connectivity index (χ3v) is 14.1. The molecule has 8 aromatic rings. The fourth-order valence-electron chi connectivity index (χ4n) is 8.35. The molecule has 6 aromatic heterocycles. The number of ether oxygens (including phenoxy) is 1. The molecule has 0 saturated carbocycles. The Labute approximate surface area is 457 Å². The summed E-state index contributed by atoms with van der Waals surface area (Å²) in [5.74, 6) is -2.91. The van der Waals surface area contributed by atoms with Crippen LogP contribution < -0.4 is 31.9 Å². The second-order valence-corrected chi connectivity index (χ2v) is 19.9. The Hall–Kier alpha value is -8.64. The van der Waals surface area contributed by atoms with E-state index in [2.05, 4.69) is 84.4 Å². The number of benzene rings is 2. The highest BCUT2D eigenvalue weighted by molar-refractivity contribution is 7.12. The number of esters is 1. The van der Waals surface area contributed by atoms with Crippen molar-refractivity contribution in [1.82, 2.24) is 61.6 Å². The number of thiophene rings is 2. The van der Waals surface area contributed by atoms with E-state index in [9.17, 15) is 33.9 Å². The molecule has 0 bridgehead atoms. The zero-order valence-electron chi connectivity index (χ0n) is 43.8. The van der Waals surface area contributed by atoms with Crippen LogP contribution in [-0.4, -0.2) is 126 Å². The van der Waals surface area contributed by atoms with Gasteiger partial charge in [-0.1, -0.05) is 49.7 Å². The Morgan fingerprint density at radius 3 is 1.46 bits per heavy atom. The van der Waals surface area contributed by atoms with E-state index in [0.717, 1.165) is 53.9 Å². The van der Waals surface area contributed by atoms with E-state index in [4.69, 9.17) is 4.74 Å². The van der Waals surface area contributed by atoms with Gasteiger partial charge in [0.2, 0.25) is 11.9 Å². The molecule has 78 heavy (non-hydrogen) atoms. The molecule has 8 rings (SSSR count). The first-order valence-electron chi connectivity index (χ1n) is 25.3. The van der Waals surface area contributed by atoms with Gasteiger partial charge in [-0.2, -0.15) is 10.2 Å². The number of fused-ring (bicyclic) bond motifs is 2. The van der Waals surface area contributed by atoms with Gasteiger partial charge in [0.15, 0.2) is 0 Å². The normalized spacial score (nSPS) is 11.7. The summed E-state index contributed by atoms with van der Waals surface area (Å²) in [6.07, 6.45) is 8.63. The summed E-state index contributed by atoms with van der Waals surface area (Å²) < 4.78 is 5.34. The van der Waals surface area contributed by atoms with Crippen LogP contribution in [0.15, 0.2) is 83.8 Å². The molecule has 22 nitrogen and oxygen atoms in total. The lowest BCUT2D eigenvalue weighted by atomic mass is 10.1. The summed E-state index contributed by atoms with van der Waals surface area (Å²) in [5.41, 5.74) is 6.70. The van der Waals surface area contributed by atoms with Gasteiger partial charge in [0, 0.05) is 37.0 Å². The topological polar surface area (TPSA) is 313 Å². The van der Waals surface area contributed by atoms with Crippen LogP contribution in [0.1, 0.15) is 107 Å². The summed E-state index contributed by atoms with van der Waals surface area (Å²) in [5, 5.41) is 46.3. The lowest BCUT2D eigenvalue weighted by Gasteiger charge is -2.19. The van der Waals surface area contributed by atoms with Gasteiger partial charge in [0.05, 0.1) is 73.7 Å². The number of hydrogen-bond donors (Lipinski definition) is 9. The summed E-state index contributed by atoms with van der Waals surface area (Å²) in [7, 11) is 0. The van der Waals surface area contributed by atoms with Crippen LogP contribution in [0.3, 0.4) is 0 Å². The maximum atomic E-state index is 13.3. The van der Waals surface area contributed by atoms with Crippen molar-refractivity contribution in [3.8, 4) is 0 Å². The van der Waals surface area contributed by atoms with Crippen LogP contribution in [0.25, 0.3) is 21.8 Å². The molecule has 0 saturated heterocycles. The molecular formula is C54H62N14O8S2. The average Bonchev–Trinajstić information content (AvgIpc) is 4.30. The molecule has 0 unspecified atom stereocenters. The number of carbonyl (C=O) groups is 6. The molecule has 2 atom stereocenters. The van der Waals surface area contributed by atoms with Gasteiger partial charge in [-0.3, -0.25) is 29.4 Å². The molecule has 0 radical (unpaired) electrons. The minimum atomic E-state index is -1.31. The third-order valence-electron chi connectivity index (χ3n) is 12.3. The number of aryl methyl sites for hydroxylation is 6. The first-order chi connectivity index (χ1) is 37.7. The number of rotatable bonds is 25. The zero-order chi connectivity index (χ0) is 55.6. The van der Waals surface area contributed by atoms with Crippen LogP contribution in [0.5, 0.6) is 0 Å². The third kappa shape index (κ3) is 15.5. The van der Waals surface area contributed by atoms with Crippen LogP contribution in [0.4, 0.5) is 11.9 Å². The molecule has 0 spiro atoms. The molecule has 9 N–H and O–H groups in total. The van der Waals surface area contributed by atoms with E-state index in [-0.39, 0.29) is 36.7 Å².